The molecule has 0 aliphatic carbocycles. The molecule has 2 heterocycles. The van der Waals surface area contributed by atoms with E-state index in [0.29, 0.717) is 64.0 Å². The lowest BCUT2D eigenvalue weighted by atomic mass is 9.86. The monoisotopic (exact) mass is 428 g/mol. The average Bonchev–Trinajstić information content (AvgIpc) is 2.78. The molecule has 2 amide bonds. The molecule has 6 heteroatoms. The highest BCUT2D eigenvalue weighted by Crippen LogP contribution is 2.26. The van der Waals surface area contributed by atoms with Gasteiger partial charge in [0.2, 0.25) is 5.91 Å². The number of carbonyl (C=O) groups excluding carboxylic acids is 3. The topological polar surface area (TPSA) is 66.9 Å². The summed E-state index contributed by atoms with van der Waals surface area (Å²) in [7, 11) is 0. The number of hydrogen-bond donors (Lipinski definition) is 0. The Kier molecular flexibility index (Phi) is 7.39. The van der Waals surface area contributed by atoms with Crippen LogP contribution in [0.1, 0.15) is 69.3 Å². The predicted molar refractivity (Wildman–Crippen MR) is 120 cm³/mol. The summed E-state index contributed by atoms with van der Waals surface area (Å²) in [6.07, 6.45) is 2.74. The van der Waals surface area contributed by atoms with E-state index >= 15 is 0 Å². The Hall–Kier alpha value is -2.37. The highest BCUT2D eigenvalue weighted by atomic mass is 16.5. The molecule has 2 aliphatic rings. The molecule has 2 aliphatic heterocycles. The SMILES string of the molecule is CCOC(=O)C1CCN(C(=O)C2CCN(C(=O)c3ccc(C(C)(C)C)cc3)CC2)CC1. The zero-order valence-electron chi connectivity index (χ0n) is 19.4. The lowest BCUT2D eigenvalue weighted by Gasteiger charge is -2.37. The molecule has 0 atom stereocenters. The van der Waals surface area contributed by atoms with Crippen molar-refractivity contribution in [1.29, 1.82) is 0 Å². The van der Waals surface area contributed by atoms with Crippen LogP contribution in [0.15, 0.2) is 24.3 Å². The summed E-state index contributed by atoms with van der Waals surface area (Å²) in [5, 5.41) is 0. The molecule has 1 aromatic rings. The molecule has 0 saturated carbocycles. The fourth-order valence-corrected chi connectivity index (χ4v) is 4.48. The van der Waals surface area contributed by atoms with Crippen molar-refractivity contribution in [2.75, 3.05) is 32.8 Å². The van der Waals surface area contributed by atoms with Gasteiger partial charge in [-0.15, -0.1) is 0 Å². The molecule has 170 valence electrons. The van der Waals surface area contributed by atoms with Gasteiger partial charge in [-0.3, -0.25) is 14.4 Å². The highest BCUT2D eigenvalue weighted by molar-refractivity contribution is 5.94. The molecule has 3 rings (SSSR count). The minimum atomic E-state index is -0.142. The van der Waals surface area contributed by atoms with Crippen molar-refractivity contribution in [3.63, 3.8) is 0 Å². The summed E-state index contributed by atoms with van der Waals surface area (Å²) in [5.74, 6) is -0.0536. The molecular weight excluding hydrogens is 392 g/mol. The first-order valence-electron chi connectivity index (χ1n) is 11.6. The van der Waals surface area contributed by atoms with E-state index < -0.39 is 0 Å². The number of amides is 2. The number of benzene rings is 1. The standard InChI is InChI=1S/C25H36N2O4/c1-5-31-24(30)20-12-16-27(17-13-20)23(29)19-10-14-26(15-11-19)22(28)18-6-8-21(9-7-18)25(2,3)4/h6-9,19-20H,5,10-17H2,1-4H3. The molecule has 0 unspecified atom stereocenters. The van der Waals surface area contributed by atoms with E-state index in [9.17, 15) is 14.4 Å². The molecular formula is C25H36N2O4. The van der Waals surface area contributed by atoms with E-state index in [4.69, 9.17) is 4.74 Å². The Morgan fingerprint density at radius 3 is 1.90 bits per heavy atom. The second-order valence-electron chi connectivity index (χ2n) is 9.75. The van der Waals surface area contributed by atoms with Gasteiger partial charge in [-0.05, 0) is 55.7 Å². The number of carbonyl (C=O) groups is 3. The van der Waals surface area contributed by atoms with Gasteiger partial charge < -0.3 is 14.5 Å². The summed E-state index contributed by atoms with van der Waals surface area (Å²) in [6, 6.07) is 7.88. The highest BCUT2D eigenvalue weighted by Gasteiger charge is 2.34. The van der Waals surface area contributed by atoms with Crippen molar-refractivity contribution >= 4 is 17.8 Å². The fraction of sp³-hybridized carbons (Fsp3) is 0.640. The first kappa shape index (κ1) is 23.3. The van der Waals surface area contributed by atoms with Crippen LogP contribution < -0.4 is 0 Å². The van der Waals surface area contributed by atoms with Crippen molar-refractivity contribution in [2.24, 2.45) is 11.8 Å². The van der Waals surface area contributed by atoms with E-state index in [1.165, 1.54) is 5.56 Å². The Labute approximate surface area is 185 Å². The first-order valence-corrected chi connectivity index (χ1v) is 11.6. The van der Waals surface area contributed by atoms with Crippen LogP contribution in [0.3, 0.4) is 0 Å². The fourth-order valence-electron chi connectivity index (χ4n) is 4.48. The van der Waals surface area contributed by atoms with E-state index in [2.05, 4.69) is 20.8 Å². The van der Waals surface area contributed by atoms with Crippen molar-refractivity contribution in [2.45, 2.75) is 58.8 Å². The summed E-state index contributed by atoms with van der Waals surface area (Å²) < 4.78 is 5.11. The maximum Gasteiger partial charge on any atom is 0.309 e. The second-order valence-corrected chi connectivity index (χ2v) is 9.75. The van der Waals surface area contributed by atoms with Crippen molar-refractivity contribution in [3.05, 3.63) is 35.4 Å². The quantitative estimate of drug-likeness (QED) is 0.687. The third-order valence-electron chi connectivity index (χ3n) is 6.56. The van der Waals surface area contributed by atoms with Gasteiger partial charge in [0.05, 0.1) is 12.5 Å². The average molecular weight is 429 g/mol. The summed E-state index contributed by atoms with van der Waals surface area (Å²) in [6.45, 7) is 11.1. The number of ether oxygens (including phenoxy) is 1. The van der Waals surface area contributed by atoms with Crippen LogP contribution in [0.5, 0.6) is 0 Å². The Bertz CT molecular complexity index is 781. The maximum absolute atomic E-state index is 12.9. The van der Waals surface area contributed by atoms with E-state index in [1.807, 2.05) is 41.0 Å². The predicted octanol–water partition coefficient (Wildman–Crippen LogP) is 3.64. The van der Waals surface area contributed by atoms with Gasteiger partial charge in [-0.1, -0.05) is 32.9 Å². The minimum absolute atomic E-state index is 0.0357. The first-order chi connectivity index (χ1) is 14.7. The normalized spacial score (nSPS) is 18.7. The molecule has 1 aromatic carbocycles. The number of nitrogens with zero attached hydrogens (tertiary/aromatic N) is 2. The second kappa shape index (κ2) is 9.84. The Balaban J connectivity index is 1.48. The molecule has 6 nitrogen and oxygen atoms in total. The molecule has 0 N–H and O–H groups in total. The largest absolute Gasteiger partial charge is 0.466 e. The van der Waals surface area contributed by atoms with Crippen molar-refractivity contribution < 1.29 is 19.1 Å². The van der Waals surface area contributed by atoms with Gasteiger partial charge >= 0.3 is 5.97 Å². The number of rotatable bonds is 4. The smallest absolute Gasteiger partial charge is 0.309 e. The van der Waals surface area contributed by atoms with Gasteiger partial charge in [-0.2, -0.15) is 0 Å². The third-order valence-corrected chi connectivity index (χ3v) is 6.56. The van der Waals surface area contributed by atoms with E-state index in [1.54, 1.807) is 0 Å². The van der Waals surface area contributed by atoms with Crippen LogP contribution in [0, 0.1) is 11.8 Å². The van der Waals surface area contributed by atoms with Gasteiger partial charge in [0.15, 0.2) is 0 Å². The van der Waals surface area contributed by atoms with Gasteiger partial charge in [0, 0.05) is 37.7 Å². The molecule has 0 bridgehead atoms. The zero-order valence-corrected chi connectivity index (χ0v) is 19.4. The minimum Gasteiger partial charge on any atom is -0.466 e. The summed E-state index contributed by atoms with van der Waals surface area (Å²) in [5.41, 5.74) is 1.98. The Morgan fingerprint density at radius 1 is 0.871 bits per heavy atom. The van der Waals surface area contributed by atoms with Crippen molar-refractivity contribution in [3.8, 4) is 0 Å². The molecule has 31 heavy (non-hydrogen) atoms. The number of likely N-dealkylation sites (tertiary alicyclic amines) is 2. The third kappa shape index (κ3) is 5.66. The molecule has 0 radical (unpaired) electrons. The molecule has 2 fully saturated rings. The van der Waals surface area contributed by atoms with Crippen LogP contribution >= 0.6 is 0 Å². The lowest BCUT2D eigenvalue weighted by molar-refractivity contribution is -0.152. The zero-order chi connectivity index (χ0) is 22.6. The maximum atomic E-state index is 12.9. The Morgan fingerprint density at radius 2 is 1.39 bits per heavy atom. The van der Waals surface area contributed by atoms with Crippen molar-refractivity contribution in [1.82, 2.24) is 9.80 Å². The van der Waals surface area contributed by atoms with Crippen LogP contribution in [0.25, 0.3) is 0 Å². The molecule has 0 spiro atoms. The molecule has 0 aromatic heterocycles. The summed E-state index contributed by atoms with van der Waals surface area (Å²) in [4.78, 5) is 41.5. The summed E-state index contributed by atoms with van der Waals surface area (Å²) >= 11 is 0. The van der Waals surface area contributed by atoms with Gasteiger partial charge in [-0.25, -0.2) is 0 Å². The number of hydrogen-bond acceptors (Lipinski definition) is 4. The molecule has 2 saturated heterocycles. The number of piperidine rings is 2. The van der Waals surface area contributed by atoms with Gasteiger partial charge in [0.25, 0.3) is 5.91 Å². The lowest BCUT2D eigenvalue weighted by Crippen LogP contribution is -2.47. The van der Waals surface area contributed by atoms with Gasteiger partial charge in [0.1, 0.15) is 0 Å². The van der Waals surface area contributed by atoms with Crippen LogP contribution in [-0.2, 0) is 19.7 Å². The van der Waals surface area contributed by atoms with E-state index in [0.717, 1.165) is 0 Å². The number of esters is 1. The van der Waals surface area contributed by atoms with Crippen LogP contribution in [-0.4, -0.2) is 60.4 Å². The van der Waals surface area contributed by atoms with Crippen LogP contribution in [0.4, 0.5) is 0 Å². The van der Waals surface area contributed by atoms with E-state index in [-0.39, 0.29) is 35.0 Å². The van der Waals surface area contributed by atoms with Crippen LogP contribution in [0.2, 0.25) is 0 Å².